The molecular weight excluding hydrogens is 244 g/mol. The quantitative estimate of drug-likeness (QED) is 0.834. The van der Waals surface area contributed by atoms with E-state index in [4.69, 9.17) is 0 Å². The van der Waals surface area contributed by atoms with E-state index in [1.165, 1.54) is 37.0 Å². The first-order valence-corrected chi connectivity index (χ1v) is 7.87. The molecule has 0 spiro atoms. The molecule has 1 aromatic rings. The Morgan fingerprint density at radius 1 is 1.44 bits per heavy atom. The van der Waals surface area contributed by atoms with Gasteiger partial charge in [0.1, 0.15) is 0 Å². The van der Waals surface area contributed by atoms with Crippen LogP contribution in [0.15, 0.2) is 6.20 Å². The maximum atomic E-state index is 9.22. The molecule has 0 aliphatic heterocycles. The summed E-state index contributed by atoms with van der Waals surface area (Å²) >= 11 is 1.76. The maximum absolute atomic E-state index is 9.22. The lowest BCUT2D eigenvalue weighted by Gasteiger charge is -2.30. The smallest absolute Gasteiger partial charge is 0.0897 e. The molecule has 1 fully saturated rings. The average molecular weight is 268 g/mol. The minimum atomic E-state index is 0.288. The van der Waals surface area contributed by atoms with Crippen LogP contribution in [0.1, 0.15) is 48.4 Å². The van der Waals surface area contributed by atoms with Crippen LogP contribution in [0.25, 0.3) is 0 Å². The fraction of sp³-hybridized carbons (Fsp3) is 0.786. The molecule has 4 heteroatoms. The minimum Gasteiger partial charge on any atom is -0.396 e. The molecule has 1 atom stereocenters. The van der Waals surface area contributed by atoms with Gasteiger partial charge in [0.15, 0.2) is 0 Å². The Labute approximate surface area is 114 Å². The summed E-state index contributed by atoms with van der Waals surface area (Å²) in [5.74, 6) is 0.750. The van der Waals surface area contributed by atoms with Crippen molar-refractivity contribution in [3.8, 4) is 0 Å². The summed E-state index contributed by atoms with van der Waals surface area (Å²) in [4.78, 5) is 5.58. The highest BCUT2D eigenvalue weighted by Crippen LogP contribution is 2.28. The van der Waals surface area contributed by atoms with Gasteiger partial charge < -0.3 is 10.4 Å². The van der Waals surface area contributed by atoms with Gasteiger partial charge in [0.25, 0.3) is 0 Å². The Morgan fingerprint density at radius 3 is 2.83 bits per heavy atom. The lowest BCUT2D eigenvalue weighted by atomic mass is 9.83. The molecule has 0 saturated heterocycles. The molecule has 2 rings (SSSR count). The number of rotatable bonds is 6. The summed E-state index contributed by atoms with van der Waals surface area (Å²) < 4.78 is 0. The maximum Gasteiger partial charge on any atom is 0.0897 e. The summed E-state index contributed by atoms with van der Waals surface area (Å²) in [7, 11) is 0. The molecule has 2 N–H and O–H groups in total. The number of hydrogen-bond donors (Lipinski definition) is 2. The van der Waals surface area contributed by atoms with Crippen LogP contribution < -0.4 is 5.32 Å². The molecular formula is C14H24N2OS. The number of nitrogens with one attached hydrogen (secondary N) is 1. The molecule has 1 unspecified atom stereocenters. The molecule has 1 saturated carbocycles. The standard InChI is InChI=1S/C14H24N2OS/c1-11-15-9-13(18-11)10-16-14(7-8-17)12-5-3-2-4-6-12/h9,12,14,16-17H,2-8,10H2,1H3. The van der Waals surface area contributed by atoms with Crippen LogP contribution in [0.3, 0.4) is 0 Å². The van der Waals surface area contributed by atoms with E-state index < -0.39 is 0 Å². The summed E-state index contributed by atoms with van der Waals surface area (Å²) in [6, 6.07) is 0.470. The second-order valence-electron chi connectivity index (χ2n) is 5.24. The number of aliphatic hydroxyl groups is 1. The van der Waals surface area contributed by atoms with Gasteiger partial charge in [-0.1, -0.05) is 19.3 Å². The first kappa shape index (κ1) is 14.0. The molecule has 102 valence electrons. The van der Waals surface area contributed by atoms with Gasteiger partial charge in [-0.3, -0.25) is 0 Å². The summed E-state index contributed by atoms with van der Waals surface area (Å²) in [5, 5.41) is 14.0. The van der Waals surface area contributed by atoms with Crippen molar-refractivity contribution in [3.63, 3.8) is 0 Å². The van der Waals surface area contributed by atoms with Crippen molar-refractivity contribution in [2.75, 3.05) is 6.61 Å². The Hall–Kier alpha value is -0.450. The van der Waals surface area contributed by atoms with Crippen LogP contribution in [0.4, 0.5) is 0 Å². The summed E-state index contributed by atoms with van der Waals surface area (Å²) in [5.41, 5.74) is 0. The van der Waals surface area contributed by atoms with Crippen LogP contribution in [0.2, 0.25) is 0 Å². The average Bonchev–Trinajstić information content (AvgIpc) is 2.81. The zero-order valence-corrected chi connectivity index (χ0v) is 12.0. The normalized spacial score (nSPS) is 19.0. The van der Waals surface area contributed by atoms with Gasteiger partial charge in [-0.05, 0) is 32.1 Å². The second-order valence-corrected chi connectivity index (χ2v) is 6.56. The molecule has 0 bridgehead atoms. The van der Waals surface area contributed by atoms with Gasteiger partial charge in [0.2, 0.25) is 0 Å². The van der Waals surface area contributed by atoms with Crippen molar-refractivity contribution < 1.29 is 5.11 Å². The van der Waals surface area contributed by atoms with Gasteiger partial charge >= 0.3 is 0 Å². The highest BCUT2D eigenvalue weighted by atomic mass is 32.1. The number of nitrogens with zero attached hydrogens (tertiary/aromatic N) is 1. The van der Waals surface area contributed by atoms with Gasteiger partial charge in [0, 0.05) is 30.3 Å². The second kappa shape index (κ2) is 7.22. The number of hydrogen-bond acceptors (Lipinski definition) is 4. The molecule has 1 aromatic heterocycles. The molecule has 0 amide bonds. The van der Waals surface area contributed by atoms with Gasteiger partial charge in [-0.25, -0.2) is 4.98 Å². The van der Waals surface area contributed by atoms with E-state index in [9.17, 15) is 5.11 Å². The number of aryl methyl sites for hydroxylation is 1. The molecule has 0 radical (unpaired) electrons. The topological polar surface area (TPSA) is 45.2 Å². The van der Waals surface area contributed by atoms with E-state index >= 15 is 0 Å². The molecule has 1 aliphatic rings. The SMILES string of the molecule is Cc1ncc(CNC(CCO)C2CCCCC2)s1. The number of aromatic nitrogens is 1. The fourth-order valence-electron chi connectivity index (χ4n) is 2.90. The van der Waals surface area contributed by atoms with Crippen LogP contribution in [0.5, 0.6) is 0 Å². The van der Waals surface area contributed by atoms with Crippen LogP contribution in [-0.4, -0.2) is 22.7 Å². The largest absolute Gasteiger partial charge is 0.396 e. The third-order valence-corrected chi connectivity index (χ3v) is 4.78. The monoisotopic (exact) mass is 268 g/mol. The van der Waals surface area contributed by atoms with Crippen molar-refractivity contribution in [3.05, 3.63) is 16.1 Å². The zero-order valence-electron chi connectivity index (χ0n) is 11.2. The lowest BCUT2D eigenvalue weighted by molar-refractivity contribution is 0.206. The summed E-state index contributed by atoms with van der Waals surface area (Å²) in [6.45, 7) is 3.23. The molecule has 18 heavy (non-hydrogen) atoms. The van der Waals surface area contributed by atoms with Crippen molar-refractivity contribution in [1.29, 1.82) is 0 Å². The first-order valence-electron chi connectivity index (χ1n) is 7.05. The van der Waals surface area contributed by atoms with E-state index in [0.29, 0.717) is 6.04 Å². The molecule has 0 aromatic carbocycles. The van der Waals surface area contributed by atoms with Crippen molar-refractivity contribution in [2.45, 2.75) is 58.0 Å². The molecule has 3 nitrogen and oxygen atoms in total. The Balaban J connectivity index is 1.85. The first-order chi connectivity index (χ1) is 8.79. The third-order valence-electron chi connectivity index (χ3n) is 3.87. The predicted octanol–water partition coefficient (Wildman–Crippen LogP) is 2.87. The number of thiazole rings is 1. The predicted molar refractivity (Wildman–Crippen MR) is 75.8 cm³/mol. The van der Waals surface area contributed by atoms with Crippen molar-refractivity contribution in [1.82, 2.24) is 10.3 Å². The number of aliphatic hydroxyl groups excluding tert-OH is 1. The van der Waals surface area contributed by atoms with E-state index in [0.717, 1.165) is 23.9 Å². The van der Waals surface area contributed by atoms with E-state index in [-0.39, 0.29) is 6.61 Å². The van der Waals surface area contributed by atoms with Crippen LogP contribution >= 0.6 is 11.3 Å². The molecule has 1 aliphatic carbocycles. The van der Waals surface area contributed by atoms with E-state index in [1.54, 1.807) is 11.3 Å². The molecule has 1 heterocycles. The Morgan fingerprint density at radius 2 is 2.22 bits per heavy atom. The van der Waals surface area contributed by atoms with Crippen LogP contribution in [-0.2, 0) is 6.54 Å². The highest BCUT2D eigenvalue weighted by molar-refractivity contribution is 7.11. The van der Waals surface area contributed by atoms with Gasteiger partial charge in [-0.15, -0.1) is 11.3 Å². The third kappa shape index (κ3) is 4.04. The fourth-order valence-corrected chi connectivity index (χ4v) is 3.64. The zero-order chi connectivity index (χ0) is 12.8. The summed E-state index contributed by atoms with van der Waals surface area (Å²) in [6.07, 6.45) is 9.57. The van der Waals surface area contributed by atoms with E-state index in [1.807, 2.05) is 13.1 Å². The Kier molecular flexibility index (Phi) is 5.60. The van der Waals surface area contributed by atoms with Gasteiger partial charge in [0.05, 0.1) is 5.01 Å². The lowest BCUT2D eigenvalue weighted by Crippen LogP contribution is -2.37. The van der Waals surface area contributed by atoms with Crippen molar-refractivity contribution in [2.24, 2.45) is 5.92 Å². The minimum absolute atomic E-state index is 0.288. The van der Waals surface area contributed by atoms with Gasteiger partial charge in [-0.2, -0.15) is 0 Å². The van der Waals surface area contributed by atoms with Crippen LogP contribution in [0, 0.1) is 12.8 Å². The van der Waals surface area contributed by atoms with Crippen molar-refractivity contribution >= 4 is 11.3 Å². The van der Waals surface area contributed by atoms with E-state index in [2.05, 4.69) is 10.3 Å². The highest BCUT2D eigenvalue weighted by Gasteiger charge is 2.22. The Bertz CT molecular complexity index is 347.